The molecule has 1 heterocycles. The monoisotopic (exact) mass is 352 g/mol. The summed E-state index contributed by atoms with van der Waals surface area (Å²) >= 11 is 0. The number of hydrogen-bond donors (Lipinski definition) is 1. The second kappa shape index (κ2) is 8.12. The summed E-state index contributed by atoms with van der Waals surface area (Å²) in [4.78, 5) is 12.7. The van der Waals surface area contributed by atoms with E-state index in [9.17, 15) is 13.2 Å². The molecule has 2 atom stereocenters. The van der Waals surface area contributed by atoms with E-state index < -0.39 is 10.0 Å². The number of nitrogens with one attached hydrogen (secondary N) is 1. The Balaban J connectivity index is 2.07. The largest absolute Gasteiger partial charge is 0.349 e. The molecule has 1 amide bonds. The van der Waals surface area contributed by atoms with E-state index in [0.717, 1.165) is 30.4 Å². The van der Waals surface area contributed by atoms with Crippen LogP contribution in [0.5, 0.6) is 0 Å². The molecule has 0 aromatic heterocycles. The molecule has 134 valence electrons. The van der Waals surface area contributed by atoms with Crippen molar-refractivity contribution in [2.24, 2.45) is 5.92 Å². The molecule has 1 fully saturated rings. The van der Waals surface area contributed by atoms with Crippen LogP contribution in [0.3, 0.4) is 0 Å². The number of benzene rings is 1. The van der Waals surface area contributed by atoms with Gasteiger partial charge in [0.1, 0.15) is 0 Å². The van der Waals surface area contributed by atoms with Crippen molar-refractivity contribution in [3.8, 4) is 0 Å². The molecule has 1 aliphatic rings. The van der Waals surface area contributed by atoms with Gasteiger partial charge in [-0.2, -0.15) is 0 Å². The highest BCUT2D eigenvalue weighted by Crippen LogP contribution is 2.24. The van der Waals surface area contributed by atoms with Crippen LogP contribution < -0.4 is 5.32 Å². The fourth-order valence-corrected chi connectivity index (χ4v) is 4.44. The van der Waals surface area contributed by atoms with Crippen molar-refractivity contribution in [3.05, 3.63) is 35.4 Å². The highest BCUT2D eigenvalue weighted by atomic mass is 32.2. The van der Waals surface area contributed by atoms with Crippen molar-refractivity contribution < 1.29 is 13.2 Å². The van der Waals surface area contributed by atoms with Crippen LogP contribution in [0.25, 0.3) is 0 Å². The molecule has 0 radical (unpaired) electrons. The number of aryl methyl sites for hydroxylation is 1. The van der Waals surface area contributed by atoms with E-state index >= 15 is 0 Å². The Bertz CT molecular complexity index is 673. The summed E-state index contributed by atoms with van der Waals surface area (Å²) < 4.78 is 25.6. The van der Waals surface area contributed by atoms with Crippen LogP contribution in [0.15, 0.2) is 24.3 Å². The zero-order chi connectivity index (χ0) is 17.7. The van der Waals surface area contributed by atoms with E-state index in [1.807, 2.05) is 38.1 Å². The summed E-state index contributed by atoms with van der Waals surface area (Å²) in [5.74, 6) is -0.221. The number of amides is 1. The number of carbonyl (C=O) groups is 1. The summed E-state index contributed by atoms with van der Waals surface area (Å²) in [6, 6.07) is 8.02. The molecule has 6 heteroatoms. The predicted molar refractivity (Wildman–Crippen MR) is 96.1 cm³/mol. The Hall–Kier alpha value is -1.40. The van der Waals surface area contributed by atoms with Crippen LogP contribution in [-0.4, -0.2) is 37.5 Å². The van der Waals surface area contributed by atoms with Gasteiger partial charge in [-0.3, -0.25) is 4.79 Å². The average Bonchev–Trinajstić information content (AvgIpc) is 2.60. The number of nitrogens with zero attached hydrogens (tertiary/aromatic N) is 1. The molecule has 1 N–H and O–H groups in total. The first-order chi connectivity index (χ1) is 11.4. The van der Waals surface area contributed by atoms with Crippen molar-refractivity contribution in [1.82, 2.24) is 9.62 Å². The smallest absolute Gasteiger partial charge is 0.224 e. The van der Waals surface area contributed by atoms with E-state index in [-0.39, 0.29) is 23.6 Å². The number of rotatable bonds is 6. The molecule has 1 aliphatic heterocycles. The molecule has 1 saturated heterocycles. The predicted octanol–water partition coefficient (Wildman–Crippen LogP) is 2.62. The van der Waals surface area contributed by atoms with Gasteiger partial charge in [-0.05, 0) is 44.2 Å². The summed E-state index contributed by atoms with van der Waals surface area (Å²) in [7, 11) is -3.23. The number of sulfonamides is 1. The van der Waals surface area contributed by atoms with Gasteiger partial charge in [0.05, 0.1) is 17.7 Å². The van der Waals surface area contributed by atoms with E-state index in [1.54, 1.807) is 6.92 Å². The second-order valence-electron chi connectivity index (χ2n) is 6.42. The molecule has 0 unspecified atom stereocenters. The minimum Gasteiger partial charge on any atom is -0.349 e. The Morgan fingerprint density at radius 1 is 1.33 bits per heavy atom. The maximum atomic E-state index is 12.7. The Morgan fingerprint density at radius 3 is 2.67 bits per heavy atom. The minimum absolute atomic E-state index is 0.0307. The van der Waals surface area contributed by atoms with Gasteiger partial charge < -0.3 is 5.32 Å². The number of carbonyl (C=O) groups excluding carboxylic acids is 1. The molecule has 1 aromatic carbocycles. The normalized spacial score (nSPS) is 20.5. The molecular formula is C18H28N2O3S. The van der Waals surface area contributed by atoms with Crippen LogP contribution in [0.4, 0.5) is 0 Å². The van der Waals surface area contributed by atoms with Crippen molar-refractivity contribution in [3.63, 3.8) is 0 Å². The first-order valence-electron chi connectivity index (χ1n) is 8.72. The van der Waals surface area contributed by atoms with E-state index in [0.29, 0.717) is 13.1 Å². The van der Waals surface area contributed by atoms with Gasteiger partial charge in [-0.25, -0.2) is 12.7 Å². The fourth-order valence-electron chi connectivity index (χ4n) is 3.26. The minimum atomic E-state index is -3.23. The van der Waals surface area contributed by atoms with Crippen molar-refractivity contribution >= 4 is 15.9 Å². The zero-order valence-corrected chi connectivity index (χ0v) is 15.6. The number of piperidine rings is 1. The van der Waals surface area contributed by atoms with Crippen LogP contribution in [0.1, 0.15) is 50.3 Å². The first kappa shape index (κ1) is 18.9. The Morgan fingerprint density at radius 2 is 2.04 bits per heavy atom. The lowest BCUT2D eigenvalue weighted by molar-refractivity contribution is -0.126. The third-order valence-corrected chi connectivity index (χ3v) is 6.65. The van der Waals surface area contributed by atoms with Gasteiger partial charge in [0.2, 0.25) is 15.9 Å². The maximum Gasteiger partial charge on any atom is 0.224 e. The van der Waals surface area contributed by atoms with Crippen molar-refractivity contribution in [2.45, 2.75) is 46.1 Å². The van der Waals surface area contributed by atoms with Gasteiger partial charge in [0.25, 0.3) is 0 Å². The number of hydrogen-bond acceptors (Lipinski definition) is 3. The van der Waals surface area contributed by atoms with E-state index in [1.165, 1.54) is 4.31 Å². The Labute approximate surface area is 145 Å². The molecule has 5 nitrogen and oxygen atoms in total. The van der Waals surface area contributed by atoms with Gasteiger partial charge in [-0.15, -0.1) is 0 Å². The highest BCUT2D eigenvalue weighted by Gasteiger charge is 2.32. The first-order valence-corrected chi connectivity index (χ1v) is 10.3. The molecule has 2 rings (SSSR count). The van der Waals surface area contributed by atoms with Crippen LogP contribution in [0.2, 0.25) is 0 Å². The quantitative estimate of drug-likeness (QED) is 0.856. The fraction of sp³-hybridized carbons (Fsp3) is 0.611. The summed E-state index contributed by atoms with van der Waals surface area (Å²) in [5, 5.41) is 3.12. The van der Waals surface area contributed by atoms with Crippen molar-refractivity contribution in [1.29, 1.82) is 0 Å². The standard InChI is InChI=1S/C18H28N2O3S/c1-4-17(16-11-7-6-9-14(16)3)19-18(21)15-10-8-12-20(13-15)24(22,23)5-2/h6-7,9,11,15,17H,4-5,8,10,12-13H2,1-3H3,(H,19,21)/t15-,17+/m1/s1. The maximum absolute atomic E-state index is 12.7. The van der Waals surface area contributed by atoms with Crippen molar-refractivity contribution in [2.75, 3.05) is 18.8 Å². The van der Waals surface area contributed by atoms with E-state index in [4.69, 9.17) is 0 Å². The summed E-state index contributed by atoms with van der Waals surface area (Å²) in [6.45, 7) is 6.55. The lowest BCUT2D eigenvalue weighted by atomic mass is 9.95. The Kier molecular flexibility index (Phi) is 6.40. The molecule has 1 aromatic rings. The van der Waals surface area contributed by atoms with Gasteiger partial charge >= 0.3 is 0 Å². The van der Waals surface area contributed by atoms with Gasteiger partial charge in [-0.1, -0.05) is 31.2 Å². The molecule has 0 spiro atoms. The summed E-state index contributed by atoms with van der Waals surface area (Å²) in [6.07, 6.45) is 2.28. The third kappa shape index (κ3) is 4.36. The molecule has 24 heavy (non-hydrogen) atoms. The second-order valence-corrected chi connectivity index (χ2v) is 8.68. The van der Waals surface area contributed by atoms with Gasteiger partial charge in [0, 0.05) is 13.1 Å². The SMILES string of the molecule is CC[C@H](NC(=O)[C@@H]1CCCN(S(=O)(=O)CC)C1)c1ccccc1C. The van der Waals surface area contributed by atoms with Crippen LogP contribution >= 0.6 is 0 Å². The molecule has 0 bridgehead atoms. The van der Waals surface area contributed by atoms with E-state index in [2.05, 4.69) is 5.32 Å². The zero-order valence-electron chi connectivity index (χ0n) is 14.8. The van der Waals surface area contributed by atoms with Gasteiger partial charge in [0.15, 0.2) is 0 Å². The molecule has 0 saturated carbocycles. The highest BCUT2D eigenvalue weighted by molar-refractivity contribution is 7.89. The van der Waals surface area contributed by atoms with Crippen LogP contribution in [0, 0.1) is 12.8 Å². The molecule has 0 aliphatic carbocycles. The molecular weight excluding hydrogens is 324 g/mol. The van der Waals surface area contributed by atoms with Crippen LogP contribution in [-0.2, 0) is 14.8 Å². The lowest BCUT2D eigenvalue weighted by Gasteiger charge is -2.32. The summed E-state index contributed by atoms with van der Waals surface area (Å²) in [5.41, 5.74) is 2.28. The topological polar surface area (TPSA) is 66.5 Å². The average molecular weight is 353 g/mol. The third-order valence-electron chi connectivity index (χ3n) is 4.80. The lowest BCUT2D eigenvalue weighted by Crippen LogP contribution is -2.46.